The third-order valence-corrected chi connectivity index (χ3v) is 15.0. The van der Waals surface area contributed by atoms with Crippen LogP contribution in [-0.2, 0) is 19.2 Å². The summed E-state index contributed by atoms with van der Waals surface area (Å²) in [4.78, 5) is 78.5. The lowest BCUT2D eigenvalue weighted by molar-refractivity contribution is -0.136. The van der Waals surface area contributed by atoms with Gasteiger partial charge in [0.15, 0.2) is 0 Å². The van der Waals surface area contributed by atoms with Gasteiger partial charge in [-0.05, 0) is 130 Å². The maximum absolute atomic E-state index is 14.1. The number of nitrogens with zero attached hydrogens (tertiary/aromatic N) is 1. The Hall–Kier alpha value is -5.00. The van der Waals surface area contributed by atoms with Gasteiger partial charge in [-0.1, -0.05) is 32.1 Å². The molecule has 56 heavy (non-hydrogen) atoms. The van der Waals surface area contributed by atoms with Crippen molar-refractivity contribution in [2.24, 2.45) is 34.5 Å². The van der Waals surface area contributed by atoms with Crippen LogP contribution in [0.3, 0.4) is 0 Å². The monoisotopic (exact) mass is 760 g/mol. The molecule has 6 amide bonds. The number of carbonyl (C=O) groups is 6. The number of benzene rings is 2. The zero-order chi connectivity index (χ0) is 38.9. The Balaban J connectivity index is 0.829. The summed E-state index contributed by atoms with van der Waals surface area (Å²) < 4.78 is 0. The second-order valence-electron chi connectivity index (χ2n) is 18.0. The van der Waals surface area contributed by atoms with Crippen LogP contribution in [0.2, 0.25) is 0 Å². The molecule has 1 unspecified atom stereocenters. The molecular formula is C44H52N6O6. The van der Waals surface area contributed by atoms with Crippen molar-refractivity contribution in [1.82, 2.24) is 15.5 Å². The quantitative estimate of drug-likeness (QED) is 0.222. The normalized spacial score (nSPS) is 36.1. The van der Waals surface area contributed by atoms with Gasteiger partial charge in [0.2, 0.25) is 23.6 Å². The fraction of sp³-hybridized carbons (Fsp3) is 0.545. The van der Waals surface area contributed by atoms with Crippen molar-refractivity contribution in [3.05, 3.63) is 65.7 Å². The van der Waals surface area contributed by atoms with E-state index in [2.05, 4.69) is 46.5 Å². The highest BCUT2D eigenvalue weighted by Crippen LogP contribution is 2.65. The Kier molecular flexibility index (Phi) is 9.08. The third kappa shape index (κ3) is 6.10. The van der Waals surface area contributed by atoms with E-state index in [1.54, 1.807) is 24.3 Å². The Labute approximate surface area is 327 Å². The minimum Gasteiger partial charge on any atom is -0.382 e. The van der Waals surface area contributed by atoms with E-state index in [1.807, 2.05) is 24.3 Å². The van der Waals surface area contributed by atoms with Crippen LogP contribution in [0.5, 0.6) is 0 Å². The van der Waals surface area contributed by atoms with Crippen molar-refractivity contribution >= 4 is 52.5 Å². The number of anilines is 3. The highest BCUT2D eigenvalue weighted by Gasteiger charge is 2.61. The number of rotatable bonds is 7. The summed E-state index contributed by atoms with van der Waals surface area (Å²) >= 11 is 0. The zero-order valence-corrected chi connectivity index (χ0v) is 32.2. The van der Waals surface area contributed by atoms with Crippen molar-refractivity contribution in [3.63, 3.8) is 0 Å². The molecule has 4 saturated carbocycles. The van der Waals surface area contributed by atoms with Crippen molar-refractivity contribution in [3.8, 4) is 0 Å². The van der Waals surface area contributed by atoms with Gasteiger partial charge in [0.25, 0.3) is 11.8 Å². The maximum Gasteiger partial charge on any atom is 0.264 e. The minimum absolute atomic E-state index is 0.0235. The minimum atomic E-state index is -1.01. The van der Waals surface area contributed by atoms with E-state index in [9.17, 15) is 28.8 Å². The van der Waals surface area contributed by atoms with Gasteiger partial charge < -0.3 is 21.3 Å². The smallest absolute Gasteiger partial charge is 0.264 e. The lowest BCUT2D eigenvalue weighted by atomic mass is 9.48. The molecule has 2 aromatic rings. The highest BCUT2D eigenvalue weighted by molar-refractivity contribution is 6.25. The maximum atomic E-state index is 14.1. The van der Waals surface area contributed by atoms with Crippen LogP contribution in [0.4, 0.5) is 17.1 Å². The summed E-state index contributed by atoms with van der Waals surface area (Å²) in [5.74, 6) is -0.385. The van der Waals surface area contributed by atoms with Crippen molar-refractivity contribution in [1.29, 1.82) is 0 Å². The predicted octanol–water partition coefficient (Wildman–Crippen LogP) is 5.77. The van der Waals surface area contributed by atoms with Crippen LogP contribution < -0.4 is 26.6 Å². The number of amides is 6. The second-order valence-corrected chi connectivity index (χ2v) is 18.0. The molecule has 0 aromatic heterocycles. The first kappa shape index (κ1) is 36.6. The van der Waals surface area contributed by atoms with Crippen LogP contribution >= 0.6 is 0 Å². The molecular weight excluding hydrogens is 709 g/mol. The number of carbonyl (C=O) groups excluding carboxylic acids is 6. The number of hydrogen-bond acceptors (Lipinski definition) is 8. The van der Waals surface area contributed by atoms with Crippen molar-refractivity contribution in [2.75, 3.05) is 16.0 Å². The largest absolute Gasteiger partial charge is 0.382 e. The van der Waals surface area contributed by atoms with Gasteiger partial charge in [-0.3, -0.25) is 39.0 Å². The zero-order valence-electron chi connectivity index (χ0n) is 32.2. The molecule has 3 heterocycles. The standard InChI is InChI=1S/C44H52N6O6/c1-43-20-18-31-28(12-16-35-44(31,2)21-19-37(52)48-35)30(43)13-14-32(43)39(53)47-27-9-4-7-25(23-27)45-24-6-3-8-26(22-24)46-33-11-5-10-29-38(33)42(56)50(41(29)55)34-15-17-36(51)49-40(34)54/h4-5,7,9-11,19,21,23-24,26,28,30-32,34-35,45-46H,3,6,8,12-18,20,22H2,1-2H3,(H,47,53)(H,48,52)(H,49,51,54)/t24-,26-,28+,30+,31+,32-,34?,35-,43+,44-/m1/s1. The van der Waals surface area contributed by atoms with E-state index < -0.39 is 29.7 Å². The fourth-order valence-electron chi connectivity index (χ4n) is 12.2. The summed E-state index contributed by atoms with van der Waals surface area (Å²) in [5, 5.41) is 16.0. The van der Waals surface area contributed by atoms with E-state index in [0.29, 0.717) is 23.4 Å². The topological polar surface area (TPSA) is 166 Å². The van der Waals surface area contributed by atoms with Gasteiger partial charge in [-0.15, -0.1) is 0 Å². The van der Waals surface area contributed by atoms with E-state index in [0.717, 1.165) is 80.5 Å². The van der Waals surface area contributed by atoms with Crippen LogP contribution in [0.1, 0.15) is 112 Å². The summed E-state index contributed by atoms with van der Waals surface area (Å²) in [7, 11) is 0. The van der Waals surface area contributed by atoms with Gasteiger partial charge >= 0.3 is 0 Å². The summed E-state index contributed by atoms with van der Waals surface area (Å²) in [6, 6.07) is 12.5. The number of hydrogen-bond donors (Lipinski definition) is 5. The van der Waals surface area contributed by atoms with Gasteiger partial charge in [-0.25, -0.2) is 0 Å². The van der Waals surface area contributed by atoms with Gasteiger partial charge in [-0.2, -0.15) is 0 Å². The third-order valence-electron chi connectivity index (χ3n) is 15.0. The molecule has 0 spiro atoms. The first-order chi connectivity index (χ1) is 26.9. The summed E-state index contributed by atoms with van der Waals surface area (Å²) in [6.07, 6.45) is 13.9. The molecule has 294 valence electrons. The molecule has 1 saturated heterocycles. The lowest BCUT2D eigenvalue weighted by Gasteiger charge is -2.58. The molecule has 12 heteroatoms. The van der Waals surface area contributed by atoms with E-state index >= 15 is 0 Å². The molecule has 4 aliphatic carbocycles. The molecule has 9 rings (SSSR count). The Bertz CT molecular complexity index is 2050. The number of fused-ring (bicyclic) bond motifs is 6. The molecule has 7 aliphatic rings. The molecule has 10 atom stereocenters. The average Bonchev–Trinajstić information content (AvgIpc) is 3.65. The predicted molar refractivity (Wildman–Crippen MR) is 210 cm³/mol. The van der Waals surface area contributed by atoms with Crippen molar-refractivity contribution in [2.45, 2.75) is 115 Å². The highest BCUT2D eigenvalue weighted by atomic mass is 16.2. The van der Waals surface area contributed by atoms with Crippen LogP contribution in [0.25, 0.3) is 0 Å². The molecule has 5 N–H and O–H groups in total. The lowest BCUT2D eigenvalue weighted by Crippen LogP contribution is -2.59. The summed E-state index contributed by atoms with van der Waals surface area (Å²) in [6.45, 7) is 4.69. The van der Waals surface area contributed by atoms with E-state index in [4.69, 9.17) is 0 Å². The van der Waals surface area contributed by atoms with Gasteiger partial charge in [0.1, 0.15) is 6.04 Å². The Morgan fingerprint density at radius 2 is 1.61 bits per heavy atom. The van der Waals surface area contributed by atoms with Crippen LogP contribution in [0.15, 0.2) is 54.6 Å². The average molecular weight is 761 g/mol. The number of piperidine rings is 1. The van der Waals surface area contributed by atoms with Crippen LogP contribution in [-0.4, -0.2) is 64.5 Å². The SMILES string of the molecule is C[C@]12C=CC(=O)N[C@@H]1CC[C@@H]1[C@@H]2CC[C@]2(C)[C@@H](C(=O)Nc3cccc(N[C@@H]4CCC[C@@H](Nc5cccc6c5C(=O)N(C5CCC(=O)NC5=O)C6=O)C4)c3)CC[C@@H]12. The Morgan fingerprint density at radius 3 is 2.43 bits per heavy atom. The first-order valence-electron chi connectivity index (χ1n) is 20.7. The van der Waals surface area contributed by atoms with Crippen molar-refractivity contribution < 1.29 is 28.8 Å². The number of nitrogens with one attached hydrogen (secondary N) is 5. The fourth-order valence-corrected chi connectivity index (χ4v) is 12.2. The number of imide groups is 2. The van der Waals surface area contributed by atoms with Gasteiger partial charge in [0.05, 0.1) is 11.1 Å². The molecule has 0 radical (unpaired) electrons. The molecule has 0 bridgehead atoms. The van der Waals surface area contributed by atoms with Crippen LogP contribution in [0, 0.1) is 34.5 Å². The molecule has 12 nitrogen and oxygen atoms in total. The molecule has 3 aliphatic heterocycles. The van der Waals surface area contributed by atoms with E-state index in [1.165, 1.54) is 0 Å². The molecule has 2 aromatic carbocycles. The van der Waals surface area contributed by atoms with E-state index in [-0.39, 0.29) is 70.7 Å². The Morgan fingerprint density at radius 1 is 0.821 bits per heavy atom. The molecule has 5 fully saturated rings. The summed E-state index contributed by atoms with van der Waals surface area (Å²) in [5.41, 5.74) is 2.75. The first-order valence-corrected chi connectivity index (χ1v) is 20.7. The second kappa shape index (κ2) is 13.9. The van der Waals surface area contributed by atoms with Gasteiger partial charge in [0, 0.05) is 52.9 Å².